The predicted octanol–water partition coefficient (Wildman–Crippen LogP) is 7.11. The number of carbonyl (C=O) groups is 3. The van der Waals surface area contributed by atoms with Crippen molar-refractivity contribution >= 4 is 68.4 Å². The van der Waals surface area contributed by atoms with Gasteiger partial charge in [0.25, 0.3) is 17.5 Å². The Balaban J connectivity index is 1.21. The van der Waals surface area contributed by atoms with E-state index in [0.717, 1.165) is 11.3 Å². The third-order valence-corrected chi connectivity index (χ3v) is 8.25. The topological polar surface area (TPSA) is 158 Å². The number of amides is 2. The van der Waals surface area contributed by atoms with Crippen molar-refractivity contribution in [1.82, 2.24) is 5.43 Å². The van der Waals surface area contributed by atoms with Gasteiger partial charge >= 0.3 is 5.97 Å². The van der Waals surface area contributed by atoms with Crippen molar-refractivity contribution in [3.8, 4) is 17.2 Å². The molecule has 2 amide bonds. The Labute approximate surface area is 276 Å². The second kappa shape index (κ2) is 14.5. The Kier molecular flexibility index (Phi) is 10.1. The zero-order valence-corrected chi connectivity index (χ0v) is 26.4. The lowest BCUT2D eigenvalue weighted by Gasteiger charge is -2.11. The largest absolute Gasteiger partial charge is 0.497 e. The lowest BCUT2D eigenvalue weighted by Crippen LogP contribution is -2.18. The highest BCUT2D eigenvalue weighted by Gasteiger charge is 2.22. The number of hydrazone groups is 1. The van der Waals surface area contributed by atoms with Gasteiger partial charge in [-0.05, 0) is 85.3 Å². The molecule has 0 unspecified atom stereocenters. The molecule has 14 heteroatoms. The van der Waals surface area contributed by atoms with Crippen LogP contribution in [-0.2, 0) is 0 Å². The molecule has 1 heterocycles. The van der Waals surface area contributed by atoms with E-state index in [1.807, 2.05) is 0 Å². The number of fused-ring (bicyclic) bond motifs is 1. The van der Waals surface area contributed by atoms with Gasteiger partial charge in [0.1, 0.15) is 10.6 Å². The van der Waals surface area contributed by atoms with Crippen molar-refractivity contribution in [3.63, 3.8) is 0 Å². The van der Waals surface area contributed by atoms with Crippen LogP contribution in [0.3, 0.4) is 0 Å². The molecule has 0 aliphatic rings. The maximum atomic E-state index is 13.0. The number of carbonyl (C=O) groups excluding carboxylic acids is 3. The summed E-state index contributed by atoms with van der Waals surface area (Å²) in [6, 6.07) is 21.8. The zero-order chi connectivity index (χ0) is 33.5. The van der Waals surface area contributed by atoms with E-state index in [0.29, 0.717) is 38.2 Å². The molecule has 0 bridgehead atoms. The van der Waals surface area contributed by atoms with Gasteiger partial charge in [-0.15, -0.1) is 11.3 Å². The highest BCUT2D eigenvalue weighted by molar-refractivity contribution is 7.21. The molecule has 0 fully saturated rings. The summed E-state index contributed by atoms with van der Waals surface area (Å²) in [4.78, 5) is 48.8. The van der Waals surface area contributed by atoms with Crippen molar-refractivity contribution in [1.29, 1.82) is 0 Å². The Bertz CT molecular complexity index is 2010. The number of nitro benzene ring substituents is 1. The maximum absolute atomic E-state index is 13.0. The average Bonchev–Trinajstić information content (AvgIpc) is 3.41. The number of methoxy groups -OCH3 is 1. The van der Waals surface area contributed by atoms with E-state index in [2.05, 4.69) is 15.8 Å². The van der Waals surface area contributed by atoms with E-state index >= 15 is 0 Å². The molecule has 0 radical (unpaired) electrons. The molecule has 12 nitrogen and oxygen atoms in total. The fourth-order valence-electron chi connectivity index (χ4n) is 4.28. The fraction of sp³-hybridized carbons (Fsp3) is 0.0909. The predicted molar refractivity (Wildman–Crippen MR) is 179 cm³/mol. The summed E-state index contributed by atoms with van der Waals surface area (Å²) in [6.45, 7) is 2.03. The van der Waals surface area contributed by atoms with Crippen LogP contribution in [0.2, 0.25) is 5.02 Å². The molecule has 0 saturated heterocycles. The molecular weight excluding hydrogens is 648 g/mol. The normalized spacial score (nSPS) is 10.9. The monoisotopic (exact) mass is 672 g/mol. The van der Waals surface area contributed by atoms with Crippen molar-refractivity contribution in [2.45, 2.75) is 6.92 Å². The number of hydrogen-bond acceptors (Lipinski definition) is 10. The van der Waals surface area contributed by atoms with E-state index in [4.69, 9.17) is 25.8 Å². The molecule has 1 aromatic heterocycles. The molecular formula is C33H25ClN4O8S. The minimum atomic E-state index is -0.750. The van der Waals surface area contributed by atoms with Crippen molar-refractivity contribution in [3.05, 3.63) is 122 Å². The number of nitrogens with zero attached hydrogens (tertiary/aromatic N) is 2. The fourth-order valence-corrected chi connectivity index (χ4v) is 5.70. The third kappa shape index (κ3) is 7.72. The number of esters is 1. The van der Waals surface area contributed by atoms with Crippen molar-refractivity contribution in [2.24, 2.45) is 5.10 Å². The summed E-state index contributed by atoms with van der Waals surface area (Å²) in [5.41, 5.74) is 4.14. The average molecular weight is 673 g/mol. The lowest BCUT2D eigenvalue weighted by molar-refractivity contribution is -0.384. The van der Waals surface area contributed by atoms with E-state index in [1.165, 1.54) is 30.5 Å². The standard InChI is InChI=1S/C33H25ClN4O8S/c1-3-45-27-16-19(4-15-26(27)46-33(41)30-29(34)25-14-11-23(38(42)43)17-28(25)47-30)18-35-37-32(40)21-5-9-22(10-6-21)36-31(39)20-7-12-24(44-2)13-8-20/h4-18H,3H2,1-2H3,(H,36,39)(H,37,40)/b35-18-. The van der Waals surface area contributed by atoms with Gasteiger partial charge in [-0.2, -0.15) is 5.10 Å². The molecule has 2 N–H and O–H groups in total. The van der Waals surface area contributed by atoms with Crippen LogP contribution in [0.15, 0.2) is 90.0 Å². The molecule has 238 valence electrons. The summed E-state index contributed by atoms with van der Waals surface area (Å²) < 4.78 is 16.8. The Morgan fingerprint density at radius 3 is 2.32 bits per heavy atom. The van der Waals surface area contributed by atoms with E-state index in [-0.39, 0.29) is 39.6 Å². The molecule has 5 aromatic rings. The van der Waals surface area contributed by atoms with Crippen LogP contribution >= 0.6 is 22.9 Å². The summed E-state index contributed by atoms with van der Waals surface area (Å²) in [5.74, 6) is -0.525. The summed E-state index contributed by atoms with van der Waals surface area (Å²) in [6.07, 6.45) is 1.39. The Morgan fingerprint density at radius 1 is 0.936 bits per heavy atom. The highest BCUT2D eigenvalue weighted by atomic mass is 35.5. The van der Waals surface area contributed by atoms with E-state index in [9.17, 15) is 24.5 Å². The quantitative estimate of drug-likeness (QED) is 0.0494. The number of benzene rings is 4. The van der Waals surface area contributed by atoms with Gasteiger partial charge < -0.3 is 19.5 Å². The van der Waals surface area contributed by atoms with Gasteiger partial charge in [-0.1, -0.05) is 11.6 Å². The number of thiophene rings is 1. The zero-order valence-electron chi connectivity index (χ0n) is 24.8. The summed E-state index contributed by atoms with van der Waals surface area (Å²) >= 11 is 7.38. The van der Waals surface area contributed by atoms with Gasteiger partial charge in [0.2, 0.25) is 0 Å². The number of halogens is 1. The molecule has 0 aliphatic carbocycles. The van der Waals surface area contributed by atoms with Gasteiger partial charge in [0.05, 0.1) is 29.9 Å². The van der Waals surface area contributed by atoms with Gasteiger partial charge in [-0.25, -0.2) is 10.2 Å². The van der Waals surface area contributed by atoms with Crippen LogP contribution in [0.25, 0.3) is 10.1 Å². The van der Waals surface area contributed by atoms with E-state index in [1.54, 1.807) is 74.7 Å². The minimum Gasteiger partial charge on any atom is -0.497 e. The second-order valence-electron chi connectivity index (χ2n) is 9.67. The highest BCUT2D eigenvalue weighted by Crippen LogP contribution is 2.38. The number of ether oxygens (including phenoxy) is 3. The lowest BCUT2D eigenvalue weighted by atomic mass is 10.1. The van der Waals surface area contributed by atoms with Gasteiger partial charge in [0.15, 0.2) is 11.5 Å². The van der Waals surface area contributed by atoms with Crippen LogP contribution in [-0.4, -0.2) is 42.6 Å². The van der Waals surface area contributed by atoms with Crippen LogP contribution < -0.4 is 25.0 Å². The Hall–Kier alpha value is -5.79. The van der Waals surface area contributed by atoms with E-state index < -0.39 is 16.8 Å². The maximum Gasteiger partial charge on any atom is 0.355 e. The van der Waals surface area contributed by atoms with Crippen LogP contribution in [0.1, 0.15) is 42.9 Å². The number of nitrogens with one attached hydrogen (secondary N) is 2. The first-order valence-corrected chi connectivity index (χ1v) is 15.1. The number of nitro groups is 1. The first-order chi connectivity index (χ1) is 22.7. The first kappa shape index (κ1) is 32.6. The summed E-state index contributed by atoms with van der Waals surface area (Å²) in [5, 5.41) is 18.5. The molecule has 0 aliphatic heterocycles. The van der Waals surface area contributed by atoms with Gasteiger partial charge in [-0.3, -0.25) is 19.7 Å². The smallest absolute Gasteiger partial charge is 0.355 e. The molecule has 0 atom stereocenters. The molecule has 4 aromatic carbocycles. The third-order valence-electron chi connectivity index (χ3n) is 6.62. The SMILES string of the molecule is CCOc1cc(/C=N\NC(=O)c2ccc(NC(=O)c3ccc(OC)cc3)cc2)ccc1OC(=O)c1sc2cc([N+](=O)[O-])ccc2c1Cl. The molecule has 0 spiro atoms. The molecule has 5 rings (SSSR count). The Morgan fingerprint density at radius 2 is 1.64 bits per heavy atom. The van der Waals surface area contributed by atoms with Crippen molar-refractivity contribution in [2.75, 3.05) is 19.0 Å². The van der Waals surface area contributed by atoms with Crippen LogP contribution in [0.4, 0.5) is 11.4 Å². The summed E-state index contributed by atoms with van der Waals surface area (Å²) in [7, 11) is 1.54. The number of rotatable bonds is 11. The second-order valence-corrected chi connectivity index (χ2v) is 11.1. The van der Waals surface area contributed by atoms with Crippen molar-refractivity contribution < 1.29 is 33.5 Å². The first-order valence-electron chi connectivity index (χ1n) is 13.9. The van der Waals surface area contributed by atoms with Crippen LogP contribution in [0.5, 0.6) is 17.2 Å². The number of hydrogen-bond donors (Lipinski definition) is 2. The van der Waals surface area contributed by atoms with Gasteiger partial charge in [0, 0.05) is 39.0 Å². The van der Waals surface area contributed by atoms with Crippen LogP contribution in [0, 0.1) is 10.1 Å². The molecule has 47 heavy (non-hydrogen) atoms. The minimum absolute atomic E-state index is 0.0885. The molecule has 0 saturated carbocycles. The number of non-ortho nitro benzene ring substituents is 1. The number of anilines is 1.